The van der Waals surface area contributed by atoms with Gasteiger partial charge in [-0.1, -0.05) is 47.5 Å². The number of benzene rings is 2. The van der Waals surface area contributed by atoms with Crippen LogP contribution in [0.3, 0.4) is 0 Å². The number of nitrogens with zero attached hydrogens (tertiary/aromatic N) is 1. The van der Waals surface area contributed by atoms with Crippen LogP contribution < -0.4 is 9.47 Å². The van der Waals surface area contributed by atoms with Crippen LogP contribution >= 0.6 is 22.9 Å². The average Bonchev–Trinajstić information content (AvgIpc) is 3.11. The molecule has 3 aromatic rings. The summed E-state index contributed by atoms with van der Waals surface area (Å²) >= 11 is 7.93. The van der Waals surface area contributed by atoms with Gasteiger partial charge in [0.15, 0.2) is 11.5 Å². The number of methoxy groups -OCH3 is 1. The van der Waals surface area contributed by atoms with Gasteiger partial charge in [-0.25, -0.2) is 4.98 Å². The molecule has 5 heteroatoms. The van der Waals surface area contributed by atoms with Gasteiger partial charge >= 0.3 is 0 Å². The predicted octanol–water partition coefficient (Wildman–Crippen LogP) is 6.35. The Labute approximate surface area is 162 Å². The van der Waals surface area contributed by atoms with Crippen LogP contribution in [0.2, 0.25) is 5.02 Å². The minimum atomic E-state index is 0.533. The van der Waals surface area contributed by atoms with E-state index in [0.29, 0.717) is 23.1 Å². The fourth-order valence-electron chi connectivity index (χ4n) is 2.51. The van der Waals surface area contributed by atoms with Gasteiger partial charge in [0.1, 0.15) is 5.01 Å². The summed E-state index contributed by atoms with van der Waals surface area (Å²) in [5, 5.41) is 3.53. The van der Waals surface area contributed by atoms with Crippen LogP contribution in [-0.4, -0.2) is 18.7 Å². The van der Waals surface area contributed by atoms with Crippen molar-refractivity contribution in [3.8, 4) is 22.8 Å². The summed E-state index contributed by atoms with van der Waals surface area (Å²) in [5.74, 6) is 1.20. The second kappa shape index (κ2) is 8.39. The topological polar surface area (TPSA) is 31.4 Å². The summed E-state index contributed by atoms with van der Waals surface area (Å²) in [4.78, 5) is 4.68. The van der Waals surface area contributed by atoms with E-state index in [1.165, 1.54) is 5.56 Å². The van der Waals surface area contributed by atoms with Gasteiger partial charge < -0.3 is 9.47 Å². The normalized spacial score (nSPS) is 11.1. The standard InChI is InChI=1S/C21H20ClNO2S/c1-4-25-21-17(22)11-15(12-19(21)24-3)7-10-20-23-18(13-26-20)16-8-5-14(2)6-9-16/h5-13H,4H2,1-3H3. The molecule has 0 amide bonds. The smallest absolute Gasteiger partial charge is 0.179 e. The van der Waals surface area contributed by atoms with Gasteiger partial charge in [-0.05, 0) is 37.6 Å². The Kier molecular flexibility index (Phi) is 5.96. The van der Waals surface area contributed by atoms with Crippen molar-refractivity contribution in [3.63, 3.8) is 0 Å². The van der Waals surface area contributed by atoms with Crippen molar-refractivity contribution in [2.75, 3.05) is 13.7 Å². The Morgan fingerprint density at radius 1 is 1.15 bits per heavy atom. The van der Waals surface area contributed by atoms with Crippen molar-refractivity contribution >= 4 is 35.1 Å². The molecule has 26 heavy (non-hydrogen) atoms. The SMILES string of the molecule is CCOc1c(Cl)cc(C=Cc2nc(-c3ccc(C)cc3)cs2)cc1OC. The van der Waals surface area contributed by atoms with Crippen LogP contribution in [-0.2, 0) is 0 Å². The molecule has 2 aromatic carbocycles. The first-order chi connectivity index (χ1) is 12.6. The van der Waals surface area contributed by atoms with Gasteiger partial charge in [0.2, 0.25) is 0 Å². The average molecular weight is 386 g/mol. The van der Waals surface area contributed by atoms with E-state index in [4.69, 9.17) is 21.1 Å². The monoisotopic (exact) mass is 385 g/mol. The number of rotatable bonds is 6. The third-order valence-corrected chi connectivity index (χ3v) is 4.92. The minimum absolute atomic E-state index is 0.533. The molecule has 134 valence electrons. The molecular formula is C21H20ClNO2S. The van der Waals surface area contributed by atoms with E-state index in [1.54, 1.807) is 18.4 Å². The molecule has 0 radical (unpaired) electrons. The third kappa shape index (κ3) is 4.26. The summed E-state index contributed by atoms with van der Waals surface area (Å²) in [6, 6.07) is 12.1. The Bertz CT molecular complexity index is 916. The zero-order chi connectivity index (χ0) is 18.5. The maximum atomic E-state index is 6.32. The highest BCUT2D eigenvalue weighted by molar-refractivity contribution is 7.10. The van der Waals surface area contributed by atoms with Crippen molar-refractivity contribution < 1.29 is 9.47 Å². The molecule has 0 spiro atoms. The van der Waals surface area contributed by atoms with E-state index in [0.717, 1.165) is 21.8 Å². The van der Waals surface area contributed by atoms with Crippen molar-refractivity contribution in [3.05, 3.63) is 62.9 Å². The summed E-state index contributed by atoms with van der Waals surface area (Å²) in [5.41, 5.74) is 4.28. The van der Waals surface area contributed by atoms with Crippen LogP contribution in [0.4, 0.5) is 0 Å². The molecule has 0 saturated carbocycles. The number of aryl methyl sites for hydroxylation is 1. The van der Waals surface area contributed by atoms with E-state index in [2.05, 4.69) is 41.6 Å². The van der Waals surface area contributed by atoms with E-state index in [-0.39, 0.29) is 0 Å². The minimum Gasteiger partial charge on any atom is -0.493 e. The fourth-order valence-corrected chi connectivity index (χ4v) is 3.50. The highest BCUT2D eigenvalue weighted by Gasteiger charge is 2.10. The molecule has 0 bridgehead atoms. The molecule has 1 aromatic heterocycles. The molecule has 0 aliphatic heterocycles. The maximum Gasteiger partial charge on any atom is 0.179 e. The number of aromatic nitrogens is 1. The molecule has 1 heterocycles. The molecule has 3 nitrogen and oxygen atoms in total. The number of ether oxygens (including phenoxy) is 2. The Balaban J connectivity index is 1.82. The fraction of sp³-hybridized carbons (Fsp3) is 0.190. The first-order valence-corrected chi connectivity index (χ1v) is 9.57. The number of halogens is 1. The van der Waals surface area contributed by atoms with Crippen molar-refractivity contribution in [1.29, 1.82) is 0 Å². The lowest BCUT2D eigenvalue weighted by Crippen LogP contribution is -1.96. The molecule has 0 N–H and O–H groups in total. The van der Waals surface area contributed by atoms with Crippen LogP contribution in [0.25, 0.3) is 23.4 Å². The van der Waals surface area contributed by atoms with Crippen LogP contribution in [0.1, 0.15) is 23.1 Å². The Morgan fingerprint density at radius 2 is 1.92 bits per heavy atom. The van der Waals surface area contributed by atoms with E-state index in [1.807, 2.05) is 31.2 Å². The highest BCUT2D eigenvalue weighted by atomic mass is 35.5. The van der Waals surface area contributed by atoms with Gasteiger partial charge in [-0.3, -0.25) is 0 Å². The van der Waals surface area contributed by atoms with Crippen molar-refractivity contribution in [2.45, 2.75) is 13.8 Å². The zero-order valence-corrected chi connectivity index (χ0v) is 16.5. The van der Waals surface area contributed by atoms with E-state index >= 15 is 0 Å². The number of hydrogen-bond donors (Lipinski definition) is 0. The van der Waals surface area contributed by atoms with Crippen molar-refractivity contribution in [2.24, 2.45) is 0 Å². The quantitative estimate of drug-likeness (QED) is 0.495. The lowest BCUT2D eigenvalue weighted by molar-refractivity contribution is 0.311. The molecule has 0 saturated heterocycles. The molecule has 0 atom stereocenters. The molecule has 0 fully saturated rings. The Morgan fingerprint density at radius 3 is 2.62 bits per heavy atom. The first kappa shape index (κ1) is 18.5. The van der Waals surface area contributed by atoms with E-state index in [9.17, 15) is 0 Å². The molecule has 0 aliphatic rings. The molecule has 0 aliphatic carbocycles. The van der Waals surface area contributed by atoms with Crippen LogP contribution in [0.15, 0.2) is 41.8 Å². The summed E-state index contributed by atoms with van der Waals surface area (Å²) < 4.78 is 10.9. The summed E-state index contributed by atoms with van der Waals surface area (Å²) in [7, 11) is 1.61. The van der Waals surface area contributed by atoms with Gasteiger partial charge in [-0.15, -0.1) is 11.3 Å². The summed E-state index contributed by atoms with van der Waals surface area (Å²) in [6.07, 6.45) is 3.95. The second-order valence-electron chi connectivity index (χ2n) is 5.74. The van der Waals surface area contributed by atoms with Crippen LogP contribution in [0, 0.1) is 6.92 Å². The number of hydrogen-bond acceptors (Lipinski definition) is 4. The maximum absolute atomic E-state index is 6.32. The van der Waals surface area contributed by atoms with Gasteiger partial charge in [0.25, 0.3) is 0 Å². The zero-order valence-electron chi connectivity index (χ0n) is 15.0. The highest BCUT2D eigenvalue weighted by Crippen LogP contribution is 2.37. The molecule has 0 unspecified atom stereocenters. The summed E-state index contributed by atoms with van der Waals surface area (Å²) in [6.45, 7) is 4.53. The lowest BCUT2D eigenvalue weighted by Gasteiger charge is -2.11. The predicted molar refractivity (Wildman–Crippen MR) is 110 cm³/mol. The van der Waals surface area contributed by atoms with E-state index < -0.39 is 0 Å². The third-order valence-electron chi connectivity index (χ3n) is 3.83. The van der Waals surface area contributed by atoms with Crippen molar-refractivity contribution in [1.82, 2.24) is 4.98 Å². The second-order valence-corrected chi connectivity index (χ2v) is 7.03. The molecular weight excluding hydrogens is 366 g/mol. The van der Waals surface area contributed by atoms with Gasteiger partial charge in [-0.2, -0.15) is 0 Å². The number of thiazole rings is 1. The van der Waals surface area contributed by atoms with Gasteiger partial charge in [0.05, 0.1) is 24.4 Å². The molecule has 3 rings (SSSR count). The first-order valence-electron chi connectivity index (χ1n) is 8.31. The largest absolute Gasteiger partial charge is 0.493 e. The lowest BCUT2D eigenvalue weighted by atomic mass is 10.1. The Hall–Kier alpha value is -2.30. The van der Waals surface area contributed by atoms with Crippen LogP contribution in [0.5, 0.6) is 11.5 Å². The van der Waals surface area contributed by atoms with Gasteiger partial charge in [0, 0.05) is 10.9 Å².